The summed E-state index contributed by atoms with van der Waals surface area (Å²) in [6, 6.07) is 4.51. The topological polar surface area (TPSA) is 28.2 Å². The largest absolute Gasteiger partial charge is 0.311 e. The fourth-order valence-electron chi connectivity index (χ4n) is 3.13. The van der Waals surface area contributed by atoms with Gasteiger partial charge in [0.1, 0.15) is 0 Å². The zero-order valence-corrected chi connectivity index (χ0v) is 11.8. The summed E-state index contributed by atoms with van der Waals surface area (Å²) in [6.07, 6.45) is 7.85. The first-order valence-electron chi connectivity index (χ1n) is 6.98. The Morgan fingerprint density at radius 2 is 2.00 bits per heavy atom. The van der Waals surface area contributed by atoms with Crippen LogP contribution in [-0.2, 0) is 0 Å². The smallest absolute Gasteiger partial charge is 0.0514 e. The second kappa shape index (κ2) is 5.81. The van der Waals surface area contributed by atoms with Gasteiger partial charge in [-0.2, -0.15) is 0 Å². The molecule has 0 bridgehead atoms. The van der Waals surface area contributed by atoms with Crippen molar-refractivity contribution >= 4 is 0 Å². The Morgan fingerprint density at radius 1 is 1.28 bits per heavy atom. The van der Waals surface area contributed by atoms with Crippen molar-refractivity contribution in [2.45, 2.75) is 44.7 Å². The highest BCUT2D eigenvalue weighted by Gasteiger charge is 2.36. The van der Waals surface area contributed by atoms with Crippen molar-refractivity contribution in [1.82, 2.24) is 15.2 Å². The van der Waals surface area contributed by atoms with Gasteiger partial charge in [0.2, 0.25) is 0 Å². The quantitative estimate of drug-likeness (QED) is 0.886. The van der Waals surface area contributed by atoms with Crippen molar-refractivity contribution in [3.05, 3.63) is 30.1 Å². The molecule has 2 heterocycles. The molecule has 1 aliphatic rings. The van der Waals surface area contributed by atoms with Gasteiger partial charge in [0, 0.05) is 17.9 Å². The van der Waals surface area contributed by atoms with Gasteiger partial charge >= 0.3 is 0 Å². The molecule has 1 N–H and O–H groups in total. The average molecular weight is 247 g/mol. The molecule has 1 aromatic heterocycles. The highest BCUT2D eigenvalue weighted by Crippen LogP contribution is 2.32. The Labute approximate surface area is 111 Å². The van der Waals surface area contributed by atoms with E-state index in [1.807, 2.05) is 25.5 Å². The maximum absolute atomic E-state index is 4.25. The van der Waals surface area contributed by atoms with E-state index in [2.05, 4.69) is 35.1 Å². The predicted octanol–water partition coefficient (Wildman–Crippen LogP) is 2.61. The van der Waals surface area contributed by atoms with Crippen molar-refractivity contribution in [2.75, 3.05) is 20.1 Å². The van der Waals surface area contributed by atoms with Crippen LogP contribution in [0.5, 0.6) is 0 Å². The lowest BCUT2D eigenvalue weighted by molar-refractivity contribution is 0.0632. The summed E-state index contributed by atoms with van der Waals surface area (Å²) in [5.74, 6) is 0. The molecule has 0 saturated carbocycles. The number of piperidine rings is 1. The molecule has 0 aromatic carbocycles. The first kappa shape index (κ1) is 13.5. The molecule has 1 saturated heterocycles. The van der Waals surface area contributed by atoms with Gasteiger partial charge in [-0.15, -0.1) is 0 Å². The number of pyridine rings is 1. The molecule has 0 spiro atoms. The summed E-state index contributed by atoms with van der Waals surface area (Å²) in [5, 5.41) is 3.47. The van der Waals surface area contributed by atoms with Crippen LogP contribution in [0, 0.1) is 0 Å². The van der Waals surface area contributed by atoms with Gasteiger partial charge in [-0.05, 0) is 58.5 Å². The molecule has 3 heteroatoms. The van der Waals surface area contributed by atoms with Crippen molar-refractivity contribution in [2.24, 2.45) is 0 Å². The second-order valence-corrected chi connectivity index (χ2v) is 5.71. The number of nitrogens with zero attached hydrogens (tertiary/aromatic N) is 2. The lowest BCUT2D eigenvalue weighted by atomic mass is 9.86. The minimum absolute atomic E-state index is 0.123. The van der Waals surface area contributed by atoms with Crippen LogP contribution in [0.1, 0.15) is 44.7 Å². The minimum Gasteiger partial charge on any atom is -0.311 e. The molecule has 100 valence electrons. The van der Waals surface area contributed by atoms with E-state index in [4.69, 9.17) is 0 Å². The monoisotopic (exact) mass is 247 g/mol. The highest BCUT2D eigenvalue weighted by atomic mass is 15.2. The normalized spacial score (nSPS) is 19.7. The van der Waals surface area contributed by atoms with Gasteiger partial charge in [-0.3, -0.25) is 9.88 Å². The first-order valence-corrected chi connectivity index (χ1v) is 6.98. The van der Waals surface area contributed by atoms with Crippen molar-refractivity contribution < 1.29 is 0 Å². The van der Waals surface area contributed by atoms with Crippen LogP contribution in [0.25, 0.3) is 0 Å². The van der Waals surface area contributed by atoms with Gasteiger partial charge in [-0.1, -0.05) is 12.5 Å². The minimum atomic E-state index is 0.123. The van der Waals surface area contributed by atoms with Gasteiger partial charge in [0.15, 0.2) is 0 Å². The number of hydrogen-bond donors (Lipinski definition) is 1. The van der Waals surface area contributed by atoms with Gasteiger partial charge < -0.3 is 5.32 Å². The Kier molecular flexibility index (Phi) is 4.36. The number of rotatable bonds is 4. The lowest BCUT2D eigenvalue weighted by Gasteiger charge is -2.46. The molecule has 18 heavy (non-hydrogen) atoms. The van der Waals surface area contributed by atoms with Crippen molar-refractivity contribution in [3.8, 4) is 0 Å². The molecule has 1 atom stereocenters. The SMILES string of the molecule is CNC(c1cccnc1)C(C)(C)N1CCCCC1. The molecule has 1 aliphatic heterocycles. The Balaban J connectivity index is 2.19. The maximum Gasteiger partial charge on any atom is 0.0514 e. The molecule has 1 unspecified atom stereocenters. The summed E-state index contributed by atoms with van der Waals surface area (Å²) in [5.41, 5.74) is 1.40. The van der Waals surface area contributed by atoms with Gasteiger partial charge in [0.25, 0.3) is 0 Å². The van der Waals surface area contributed by atoms with Crippen LogP contribution in [0.3, 0.4) is 0 Å². The van der Waals surface area contributed by atoms with E-state index in [1.165, 1.54) is 37.9 Å². The van der Waals surface area contributed by atoms with E-state index in [0.29, 0.717) is 6.04 Å². The van der Waals surface area contributed by atoms with Crippen LogP contribution in [0.2, 0.25) is 0 Å². The molecular formula is C15H25N3. The molecule has 2 rings (SSSR count). The van der Waals surface area contributed by atoms with E-state index >= 15 is 0 Å². The molecule has 0 aliphatic carbocycles. The van der Waals surface area contributed by atoms with Crippen LogP contribution < -0.4 is 5.32 Å². The number of hydrogen-bond acceptors (Lipinski definition) is 3. The van der Waals surface area contributed by atoms with Crippen LogP contribution in [0.4, 0.5) is 0 Å². The van der Waals surface area contributed by atoms with Gasteiger partial charge in [-0.25, -0.2) is 0 Å². The van der Waals surface area contributed by atoms with E-state index in [9.17, 15) is 0 Å². The van der Waals surface area contributed by atoms with Crippen LogP contribution >= 0.6 is 0 Å². The third-order valence-electron chi connectivity index (χ3n) is 4.18. The van der Waals surface area contributed by atoms with E-state index < -0.39 is 0 Å². The summed E-state index contributed by atoms with van der Waals surface area (Å²) >= 11 is 0. The number of aromatic nitrogens is 1. The zero-order valence-electron chi connectivity index (χ0n) is 11.8. The predicted molar refractivity (Wildman–Crippen MR) is 75.5 cm³/mol. The number of likely N-dealkylation sites (N-methyl/N-ethyl adjacent to an activating group) is 1. The number of nitrogens with one attached hydrogen (secondary N) is 1. The molecule has 0 amide bonds. The van der Waals surface area contributed by atoms with Crippen LogP contribution in [-0.4, -0.2) is 35.6 Å². The molecule has 1 aromatic rings. The van der Waals surface area contributed by atoms with Crippen molar-refractivity contribution in [1.29, 1.82) is 0 Å². The second-order valence-electron chi connectivity index (χ2n) is 5.71. The summed E-state index contributed by atoms with van der Waals surface area (Å²) in [7, 11) is 2.05. The van der Waals surface area contributed by atoms with E-state index in [1.54, 1.807) is 0 Å². The fourth-order valence-corrected chi connectivity index (χ4v) is 3.13. The Bertz CT molecular complexity index is 355. The van der Waals surface area contributed by atoms with Gasteiger partial charge in [0.05, 0.1) is 6.04 Å². The average Bonchev–Trinajstić information content (AvgIpc) is 2.41. The standard InChI is InChI=1S/C15H25N3/c1-15(2,18-10-5-4-6-11-18)14(16-3)13-8-7-9-17-12-13/h7-9,12,14,16H,4-6,10-11H2,1-3H3. The Morgan fingerprint density at radius 3 is 2.56 bits per heavy atom. The van der Waals surface area contributed by atoms with Crippen molar-refractivity contribution in [3.63, 3.8) is 0 Å². The van der Waals surface area contributed by atoms with Crippen LogP contribution in [0.15, 0.2) is 24.5 Å². The lowest BCUT2D eigenvalue weighted by Crippen LogP contribution is -2.53. The third kappa shape index (κ3) is 2.73. The molecule has 3 nitrogen and oxygen atoms in total. The molecule has 1 fully saturated rings. The highest BCUT2D eigenvalue weighted by molar-refractivity contribution is 5.19. The summed E-state index contributed by atoms with van der Waals surface area (Å²) in [4.78, 5) is 6.87. The summed E-state index contributed by atoms with van der Waals surface area (Å²) in [6.45, 7) is 7.11. The van der Waals surface area contributed by atoms with E-state index in [0.717, 1.165) is 0 Å². The van der Waals surface area contributed by atoms with E-state index in [-0.39, 0.29) is 5.54 Å². The summed E-state index contributed by atoms with van der Waals surface area (Å²) < 4.78 is 0. The third-order valence-corrected chi connectivity index (χ3v) is 4.18. The molecular weight excluding hydrogens is 222 g/mol. The number of likely N-dealkylation sites (tertiary alicyclic amines) is 1. The maximum atomic E-state index is 4.25. The first-order chi connectivity index (χ1) is 8.66. The Hall–Kier alpha value is -0.930. The molecule has 0 radical (unpaired) electrons. The fraction of sp³-hybridized carbons (Fsp3) is 0.667. The zero-order chi connectivity index (χ0) is 13.0.